The molecule has 3 heteroatoms. The van der Waals surface area contributed by atoms with Gasteiger partial charge in [0.2, 0.25) is 0 Å². The second kappa shape index (κ2) is 5.73. The fraction of sp³-hybridized carbons (Fsp3) is 0.455. The van der Waals surface area contributed by atoms with Crippen molar-refractivity contribution < 1.29 is 9.13 Å². The van der Waals surface area contributed by atoms with Gasteiger partial charge in [-0.2, -0.15) is 0 Å². The Bertz CT molecular complexity index is 289. The minimum absolute atomic E-state index is 0.152. The Kier molecular flexibility index (Phi) is 4.56. The summed E-state index contributed by atoms with van der Waals surface area (Å²) >= 11 is 0. The first-order chi connectivity index (χ1) is 6.74. The van der Waals surface area contributed by atoms with Gasteiger partial charge in [-0.25, -0.2) is 4.39 Å². The Hall–Kier alpha value is -0.930. The van der Waals surface area contributed by atoms with Crippen LogP contribution >= 0.6 is 0 Å². The molecule has 0 atom stereocenters. The lowest BCUT2D eigenvalue weighted by Crippen LogP contribution is -2.19. The van der Waals surface area contributed by atoms with Crippen LogP contribution in [0.15, 0.2) is 18.2 Å². The highest BCUT2D eigenvalue weighted by molar-refractivity contribution is 5.23. The van der Waals surface area contributed by atoms with Crippen molar-refractivity contribution in [2.24, 2.45) is 0 Å². The third-order valence-corrected chi connectivity index (χ3v) is 2.00. The molecule has 14 heavy (non-hydrogen) atoms. The molecular formula is C11H16FNO. The van der Waals surface area contributed by atoms with E-state index in [1.165, 1.54) is 6.07 Å². The van der Waals surface area contributed by atoms with Crippen molar-refractivity contribution in [3.05, 3.63) is 35.1 Å². The van der Waals surface area contributed by atoms with Crippen molar-refractivity contribution in [3.8, 4) is 0 Å². The molecule has 0 heterocycles. The van der Waals surface area contributed by atoms with Crippen LogP contribution in [0.4, 0.5) is 4.39 Å². The molecule has 0 saturated carbocycles. The fourth-order valence-electron chi connectivity index (χ4n) is 1.24. The van der Waals surface area contributed by atoms with E-state index >= 15 is 0 Å². The first-order valence-corrected chi connectivity index (χ1v) is 4.68. The number of nitrogens with one attached hydrogen (secondary N) is 1. The monoisotopic (exact) mass is 197 g/mol. The van der Waals surface area contributed by atoms with E-state index < -0.39 is 0 Å². The molecule has 1 aromatic rings. The van der Waals surface area contributed by atoms with Crippen LogP contribution in [-0.4, -0.2) is 20.3 Å². The fourth-order valence-corrected chi connectivity index (χ4v) is 1.24. The number of hydrogen-bond donors (Lipinski definition) is 1. The number of ether oxygens (including phenoxy) is 1. The Balaban J connectivity index is 2.45. The van der Waals surface area contributed by atoms with Gasteiger partial charge in [0.05, 0.1) is 6.61 Å². The lowest BCUT2D eigenvalue weighted by atomic mass is 10.1. The van der Waals surface area contributed by atoms with Crippen molar-refractivity contribution in [2.45, 2.75) is 13.5 Å². The Morgan fingerprint density at radius 1 is 1.43 bits per heavy atom. The summed E-state index contributed by atoms with van der Waals surface area (Å²) in [7, 11) is 1.65. The summed E-state index contributed by atoms with van der Waals surface area (Å²) in [5.74, 6) is -0.152. The first kappa shape index (κ1) is 11.1. The molecule has 0 aromatic heterocycles. The van der Waals surface area contributed by atoms with Gasteiger partial charge in [-0.3, -0.25) is 0 Å². The molecule has 0 bridgehead atoms. The van der Waals surface area contributed by atoms with Gasteiger partial charge in [0.25, 0.3) is 0 Å². The number of aryl methyl sites for hydroxylation is 1. The molecule has 0 aliphatic rings. The molecule has 0 aliphatic heterocycles. The molecule has 0 saturated heterocycles. The second-order valence-corrected chi connectivity index (χ2v) is 3.26. The van der Waals surface area contributed by atoms with E-state index in [2.05, 4.69) is 5.32 Å². The summed E-state index contributed by atoms with van der Waals surface area (Å²) in [6, 6.07) is 5.13. The summed E-state index contributed by atoms with van der Waals surface area (Å²) in [6.45, 7) is 3.90. The number of halogens is 1. The minimum atomic E-state index is -0.152. The van der Waals surface area contributed by atoms with Crippen LogP contribution in [0, 0.1) is 12.7 Å². The SMILES string of the molecule is COCCNCc1cc(C)ccc1F. The van der Waals surface area contributed by atoms with E-state index in [0.29, 0.717) is 18.7 Å². The van der Waals surface area contributed by atoms with E-state index in [4.69, 9.17) is 4.74 Å². The van der Waals surface area contributed by atoms with Crippen molar-refractivity contribution in [2.75, 3.05) is 20.3 Å². The van der Waals surface area contributed by atoms with Crippen molar-refractivity contribution >= 4 is 0 Å². The van der Waals surface area contributed by atoms with Gasteiger partial charge in [-0.05, 0) is 13.0 Å². The number of benzene rings is 1. The van der Waals surface area contributed by atoms with Crippen molar-refractivity contribution in [1.29, 1.82) is 0 Å². The molecule has 1 N–H and O–H groups in total. The maximum Gasteiger partial charge on any atom is 0.127 e. The second-order valence-electron chi connectivity index (χ2n) is 3.26. The zero-order valence-electron chi connectivity index (χ0n) is 8.64. The lowest BCUT2D eigenvalue weighted by Gasteiger charge is -2.06. The third kappa shape index (κ3) is 3.44. The lowest BCUT2D eigenvalue weighted by molar-refractivity contribution is 0.199. The van der Waals surface area contributed by atoms with Gasteiger partial charge >= 0.3 is 0 Å². The molecule has 0 radical (unpaired) electrons. The minimum Gasteiger partial charge on any atom is -0.383 e. The van der Waals surface area contributed by atoms with Gasteiger partial charge in [0.1, 0.15) is 5.82 Å². The van der Waals surface area contributed by atoms with Crippen LogP contribution in [-0.2, 0) is 11.3 Å². The van der Waals surface area contributed by atoms with E-state index in [1.807, 2.05) is 13.0 Å². The average Bonchev–Trinajstić information content (AvgIpc) is 2.18. The van der Waals surface area contributed by atoms with Gasteiger partial charge in [-0.1, -0.05) is 17.7 Å². The van der Waals surface area contributed by atoms with Crippen LogP contribution in [0.5, 0.6) is 0 Å². The van der Waals surface area contributed by atoms with E-state index in [-0.39, 0.29) is 5.82 Å². The van der Waals surface area contributed by atoms with E-state index in [9.17, 15) is 4.39 Å². The standard InChI is InChI=1S/C11H16FNO/c1-9-3-4-11(12)10(7-9)8-13-5-6-14-2/h3-4,7,13H,5-6,8H2,1-2H3. The van der Waals surface area contributed by atoms with Crippen LogP contribution in [0.2, 0.25) is 0 Å². The van der Waals surface area contributed by atoms with Gasteiger partial charge in [-0.15, -0.1) is 0 Å². The van der Waals surface area contributed by atoms with Crippen molar-refractivity contribution in [1.82, 2.24) is 5.32 Å². The largest absolute Gasteiger partial charge is 0.383 e. The predicted octanol–water partition coefficient (Wildman–Crippen LogP) is 1.87. The summed E-state index contributed by atoms with van der Waals surface area (Å²) in [5.41, 5.74) is 1.79. The summed E-state index contributed by atoms with van der Waals surface area (Å²) in [6.07, 6.45) is 0. The molecule has 0 fully saturated rings. The molecule has 0 unspecified atom stereocenters. The summed E-state index contributed by atoms with van der Waals surface area (Å²) in [4.78, 5) is 0. The highest BCUT2D eigenvalue weighted by Crippen LogP contribution is 2.09. The zero-order chi connectivity index (χ0) is 10.4. The van der Waals surface area contributed by atoms with Crippen molar-refractivity contribution in [3.63, 3.8) is 0 Å². The van der Waals surface area contributed by atoms with E-state index in [1.54, 1.807) is 13.2 Å². The smallest absolute Gasteiger partial charge is 0.127 e. The molecule has 1 aromatic carbocycles. The predicted molar refractivity (Wildman–Crippen MR) is 54.7 cm³/mol. The highest BCUT2D eigenvalue weighted by atomic mass is 19.1. The molecule has 78 valence electrons. The van der Waals surface area contributed by atoms with Crippen LogP contribution in [0.3, 0.4) is 0 Å². The van der Waals surface area contributed by atoms with E-state index in [0.717, 1.165) is 12.1 Å². The maximum absolute atomic E-state index is 13.2. The number of hydrogen-bond acceptors (Lipinski definition) is 2. The van der Waals surface area contributed by atoms with Gasteiger partial charge < -0.3 is 10.1 Å². The van der Waals surface area contributed by atoms with Crippen LogP contribution < -0.4 is 5.32 Å². The molecule has 1 rings (SSSR count). The van der Waals surface area contributed by atoms with Crippen LogP contribution in [0.25, 0.3) is 0 Å². The van der Waals surface area contributed by atoms with Gasteiger partial charge in [0, 0.05) is 25.8 Å². The normalized spacial score (nSPS) is 10.5. The number of rotatable bonds is 5. The maximum atomic E-state index is 13.2. The summed E-state index contributed by atoms with van der Waals surface area (Å²) in [5, 5.41) is 3.11. The Morgan fingerprint density at radius 3 is 2.93 bits per heavy atom. The topological polar surface area (TPSA) is 21.3 Å². The highest BCUT2D eigenvalue weighted by Gasteiger charge is 2.00. The molecule has 2 nitrogen and oxygen atoms in total. The Morgan fingerprint density at radius 2 is 2.21 bits per heavy atom. The quantitative estimate of drug-likeness (QED) is 0.728. The molecule has 0 amide bonds. The Labute approximate surface area is 84.1 Å². The molecule has 0 spiro atoms. The van der Waals surface area contributed by atoms with Gasteiger partial charge in [0.15, 0.2) is 0 Å². The number of methoxy groups -OCH3 is 1. The first-order valence-electron chi connectivity index (χ1n) is 4.68. The zero-order valence-corrected chi connectivity index (χ0v) is 8.64. The van der Waals surface area contributed by atoms with Crippen LogP contribution in [0.1, 0.15) is 11.1 Å². The molecule has 0 aliphatic carbocycles. The summed E-state index contributed by atoms with van der Waals surface area (Å²) < 4.78 is 18.1. The average molecular weight is 197 g/mol. The third-order valence-electron chi connectivity index (χ3n) is 2.00. The molecular weight excluding hydrogens is 181 g/mol.